The first kappa shape index (κ1) is 53.8. The van der Waals surface area contributed by atoms with Gasteiger partial charge in [-0.3, -0.25) is 43.2 Å². The summed E-state index contributed by atoms with van der Waals surface area (Å²) in [6, 6.07) is 2.24. The summed E-state index contributed by atoms with van der Waals surface area (Å²) in [7, 11) is 0. The molecule has 0 radical (unpaired) electrons. The van der Waals surface area contributed by atoms with Crippen LogP contribution in [0.15, 0.2) is 16.9 Å². The van der Waals surface area contributed by atoms with E-state index in [2.05, 4.69) is 42.5 Å². The highest BCUT2D eigenvalue weighted by Gasteiger charge is 2.46. The van der Waals surface area contributed by atoms with Gasteiger partial charge in [-0.1, -0.05) is 6.92 Å². The number of nitrogens with one attached hydrogen (secondary N) is 8. The van der Waals surface area contributed by atoms with E-state index in [0.717, 1.165) is 5.56 Å². The largest absolute Gasteiger partial charge is 0.458 e. The number of nitrogens with zero attached hydrogens (tertiary/aromatic N) is 2. The quantitative estimate of drug-likeness (QED) is 0.0169. The van der Waals surface area contributed by atoms with Gasteiger partial charge in [0.05, 0.1) is 61.2 Å². The molecule has 6 rings (SSSR count). The van der Waals surface area contributed by atoms with E-state index in [1.807, 2.05) is 0 Å². The summed E-state index contributed by atoms with van der Waals surface area (Å²) in [5, 5.41) is 31.0. The Morgan fingerprint density at radius 3 is 1.78 bits per heavy atom. The van der Waals surface area contributed by atoms with Crippen molar-refractivity contribution in [1.29, 1.82) is 0 Å². The van der Waals surface area contributed by atoms with Gasteiger partial charge in [-0.05, 0) is 48.9 Å². The number of benzene rings is 1. The lowest BCUT2D eigenvalue weighted by Crippen LogP contribution is -2.44. The molecule has 2 aromatic heterocycles. The van der Waals surface area contributed by atoms with Crippen molar-refractivity contribution >= 4 is 64.1 Å². The Labute approximate surface area is 408 Å². The fourth-order valence-corrected chi connectivity index (χ4v) is 7.99. The zero-order valence-corrected chi connectivity index (χ0v) is 39.2. The van der Waals surface area contributed by atoms with Crippen molar-refractivity contribution in [3.8, 4) is 11.4 Å². The molecule has 2 atom stereocenters. The minimum Gasteiger partial charge on any atom is -0.458 e. The predicted octanol–water partition coefficient (Wildman–Crippen LogP) is -4.70. The first-order chi connectivity index (χ1) is 34.4. The van der Waals surface area contributed by atoms with E-state index >= 15 is 4.39 Å². The number of aryl methyl sites for hydroxylation is 1. The molecule has 28 heteroatoms. The molecule has 3 aromatic rings. The number of esters is 1. The van der Waals surface area contributed by atoms with Gasteiger partial charge in [0.15, 0.2) is 5.60 Å². The lowest BCUT2D eigenvalue weighted by atomic mass is 9.81. The highest BCUT2D eigenvalue weighted by Crippen LogP contribution is 2.46. The Balaban J connectivity index is 0.858. The number of carbonyl (C=O) groups is 9. The number of rotatable bonds is 25. The van der Waals surface area contributed by atoms with E-state index < -0.39 is 136 Å². The SMILES string of the molecule is CC[C@@]1(O)C(=O)OCc2c1cc1n(c2=O)Cc2c-1nc1cc(F)c(C)c3c1c2C(NC(=O)COCNC(=O)CNC(=O)COCNC(=O)CNC(=O)COCNC(=O)CNC(=O)COCNC(=O)CN)CC3. The molecule has 0 saturated carbocycles. The number of hydrogen-bond donors (Lipinski definition) is 10. The van der Waals surface area contributed by atoms with Crippen LogP contribution < -0.4 is 53.8 Å². The molecule has 11 N–H and O–H groups in total. The smallest absolute Gasteiger partial charge is 0.343 e. The number of ether oxygens (including phenoxy) is 5. The van der Waals surface area contributed by atoms with Crippen LogP contribution in [0.2, 0.25) is 0 Å². The van der Waals surface area contributed by atoms with Gasteiger partial charge in [0, 0.05) is 22.6 Å². The molecule has 0 spiro atoms. The number of halogens is 1. The van der Waals surface area contributed by atoms with E-state index in [-0.39, 0.29) is 50.7 Å². The van der Waals surface area contributed by atoms with Crippen molar-refractivity contribution in [2.24, 2.45) is 5.73 Å². The van der Waals surface area contributed by atoms with Gasteiger partial charge in [-0.25, -0.2) is 14.2 Å². The summed E-state index contributed by atoms with van der Waals surface area (Å²) >= 11 is 0. The zero-order chi connectivity index (χ0) is 52.1. The number of amides is 8. The van der Waals surface area contributed by atoms with Gasteiger partial charge < -0.3 is 81.6 Å². The molecule has 27 nitrogen and oxygen atoms in total. The average Bonchev–Trinajstić information content (AvgIpc) is 3.73. The molecule has 0 bridgehead atoms. The molecule has 0 fully saturated rings. The molecule has 1 aliphatic carbocycles. The van der Waals surface area contributed by atoms with Crippen molar-refractivity contribution in [1.82, 2.24) is 52.1 Å². The number of nitrogens with two attached hydrogens (primary N) is 1. The maximum Gasteiger partial charge on any atom is 0.343 e. The Bertz CT molecular complexity index is 2720. The van der Waals surface area contributed by atoms with Gasteiger partial charge in [-0.15, -0.1) is 0 Å². The monoisotopic (exact) mass is 1010 g/mol. The Kier molecular flexibility index (Phi) is 18.4. The number of aliphatic hydroxyl groups is 1. The summed E-state index contributed by atoms with van der Waals surface area (Å²) in [6.07, 6.45) is 0.724. The summed E-state index contributed by atoms with van der Waals surface area (Å²) in [5.41, 5.74) is 6.26. The van der Waals surface area contributed by atoms with Gasteiger partial charge in [-0.2, -0.15) is 0 Å². The van der Waals surface area contributed by atoms with Crippen LogP contribution in [-0.4, -0.2) is 147 Å². The summed E-state index contributed by atoms with van der Waals surface area (Å²) in [4.78, 5) is 127. The molecular weight excluding hydrogens is 958 g/mol. The van der Waals surface area contributed by atoms with Crippen LogP contribution in [0, 0.1) is 12.7 Å². The second-order valence-corrected chi connectivity index (χ2v) is 16.4. The third kappa shape index (κ3) is 13.1. The maximum atomic E-state index is 15.3. The molecule has 4 heterocycles. The average molecular weight is 1010 g/mol. The molecule has 1 unspecified atom stereocenters. The van der Waals surface area contributed by atoms with Crippen LogP contribution in [0.1, 0.15) is 59.2 Å². The number of carbonyl (C=O) groups excluding carboxylic acids is 9. The Morgan fingerprint density at radius 1 is 0.750 bits per heavy atom. The van der Waals surface area contributed by atoms with E-state index in [1.165, 1.54) is 10.6 Å². The first-order valence-electron chi connectivity index (χ1n) is 22.4. The second-order valence-electron chi connectivity index (χ2n) is 16.4. The van der Waals surface area contributed by atoms with E-state index in [4.69, 9.17) is 34.4 Å². The normalized spacial score (nSPS) is 16.0. The summed E-state index contributed by atoms with van der Waals surface area (Å²) in [5.74, 6) is -6.36. The van der Waals surface area contributed by atoms with Gasteiger partial charge >= 0.3 is 5.97 Å². The highest BCUT2D eigenvalue weighted by molar-refractivity contribution is 5.94. The Morgan fingerprint density at radius 2 is 1.26 bits per heavy atom. The van der Waals surface area contributed by atoms with Gasteiger partial charge in [0.2, 0.25) is 47.3 Å². The van der Waals surface area contributed by atoms with Crippen molar-refractivity contribution in [2.45, 2.75) is 57.9 Å². The van der Waals surface area contributed by atoms with E-state index in [9.17, 15) is 53.1 Å². The molecule has 1 aromatic carbocycles. The van der Waals surface area contributed by atoms with Crippen LogP contribution >= 0.6 is 0 Å². The van der Waals surface area contributed by atoms with E-state index in [0.29, 0.717) is 51.8 Å². The number of aromatic nitrogens is 2. The number of fused-ring (bicyclic) bond motifs is 5. The molecule has 2 aliphatic heterocycles. The van der Waals surface area contributed by atoms with Crippen LogP contribution in [0.3, 0.4) is 0 Å². The van der Waals surface area contributed by atoms with Crippen molar-refractivity contribution < 1.29 is 76.3 Å². The molecule has 3 aliphatic rings. The highest BCUT2D eigenvalue weighted by atomic mass is 19.1. The molecular formula is C44H54FN11O16. The standard InChI is InChI=1S/C44H54FN11O16/c1-3-44(67)26-6-30-41-24(12-56(30)42(65)25(26)13-72-43(44)66)40-28(5-4-23-22(2)27(45)7-29(55-41)39(23)40)54-38(64)17-71-21-53-34(60)11-49-37(63)16-70-20-52-33(59)10-48-36(62)15-69-19-51-32(58)9-47-35(61)14-68-18-50-31(57)8-46/h6-7,28,67H,3-5,8-21,46H2,1-2H3,(H,47,61)(H,48,62)(H,49,63)(H,50,57)(H,51,58)(H,52,59)(H,53,60)(H,54,64)/t28?,44-/m0/s1. The van der Waals surface area contributed by atoms with Crippen LogP contribution in [-0.2, 0) is 92.0 Å². The topological polar surface area (TPSA) is 377 Å². The zero-order valence-electron chi connectivity index (χ0n) is 39.2. The van der Waals surface area contributed by atoms with Crippen molar-refractivity contribution in [3.63, 3.8) is 0 Å². The number of cyclic esters (lactones) is 1. The lowest BCUT2D eigenvalue weighted by molar-refractivity contribution is -0.172. The molecule has 72 heavy (non-hydrogen) atoms. The van der Waals surface area contributed by atoms with Crippen molar-refractivity contribution in [2.75, 3.05) is 79.5 Å². The summed E-state index contributed by atoms with van der Waals surface area (Å²) in [6.45, 7) is -2.02. The van der Waals surface area contributed by atoms with Gasteiger partial charge in [0.25, 0.3) is 5.56 Å². The van der Waals surface area contributed by atoms with Crippen LogP contribution in [0.4, 0.5) is 4.39 Å². The number of hydrogen-bond acceptors (Lipinski definition) is 18. The fourth-order valence-electron chi connectivity index (χ4n) is 7.99. The maximum absolute atomic E-state index is 15.3. The van der Waals surface area contributed by atoms with E-state index in [1.54, 1.807) is 19.9 Å². The first-order valence-corrected chi connectivity index (χ1v) is 22.4. The van der Waals surface area contributed by atoms with Crippen molar-refractivity contribution in [3.05, 3.63) is 61.7 Å². The minimum atomic E-state index is -2.05. The molecule has 8 amide bonds. The van der Waals surface area contributed by atoms with Crippen LogP contribution in [0.25, 0.3) is 22.3 Å². The third-order valence-corrected chi connectivity index (χ3v) is 11.7. The lowest BCUT2D eigenvalue weighted by Gasteiger charge is -2.31. The minimum absolute atomic E-state index is 0.0497. The Hall–Kier alpha value is -7.50. The third-order valence-electron chi connectivity index (χ3n) is 11.7. The second kappa shape index (κ2) is 24.6. The van der Waals surface area contributed by atoms with Crippen LogP contribution in [0.5, 0.6) is 0 Å². The fraction of sp³-hybridized carbons (Fsp3) is 0.477. The van der Waals surface area contributed by atoms with Gasteiger partial charge in [0.1, 0.15) is 65.8 Å². The predicted molar refractivity (Wildman–Crippen MR) is 242 cm³/mol. The summed E-state index contributed by atoms with van der Waals surface area (Å²) < 4.78 is 42.2. The number of pyridine rings is 2. The molecule has 388 valence electrons. The molecule has 0 saturated heterocycles.